The van der Waals surface area contributed by atoms with E-state index < -0.39 is 5.97 Å². The summed E-state index contributed by atoms with van der Waals surface area (Å²) in [4.78, 5) is 15.6. The van der Waals surface area contributed by atoms with Crippen LogP contribution < -0.4 is 0 Å². The van der Waals surface area contributed by atoms with Crippen LogP contribution in [-0.2, 0) is 0 Å². The molecule has 3 rings (SSSR count). The van der Waals surface area contributed by atoms with Gasteiger partial charge in [-0.25, -0.2) is 9.78 Å². The summed E-state index contributed by atoms with van der Waals surface area (Å²) >= 11 is 0. The van der Waals surface area contributed by atoms with Gasteiger partial charge in [0.15, 0.2) is 0 Å². The third-order valence-corrected chi connectivity index (χ3v) is 2.72. The number of pyridine rings is 1. The normalized spacial score (nSPS) is 10.4. The number of H-pyrrole nitrogens is 1. The Balaban J connectivity index is 2.18. The Labute approximate surface area is 113 Å². The van der Waals surface area contributed by atoms with Gasteiger partial charge in [-0.2, -0.15) is 5.21 Å². The second kappa shape index (κ2) is 4.88. The van der Waals surface area contributed by atoms with Crippen molar-refractivity contribution in [2.45, 2.75) is 0 Å². The van der Waals surface area contributed by atoms with Crippen LogP contribution in [0.15, 0.2) is 42.5 Å². The molecular weight excluding hydrogens is 258 g/mol. The van der Waals surface area contributed by atoms with E-state index in [9.17, 15) is 9.90 Å². The van der Waals surface area contributed by atoms with Crippen molar-refractivity contribution < 1.29 is 9.90 Å². The molecule has 1 aromatic carbocycles. The minimum Gasteiger partial charge on any atom is -0.478 e. The maximum atomic E-state index is 11.2. The van der Waals surface area contributed by atoms with Gasteiger partial charge in [0.25, 0.3) is 0 Å². The van der Waals surface area contributed by atoms with Crippen LogP contribution in [0.4, 0.5) is 0 Å². The molecule has 0 bridgehead atoms. The van der Waals surface area contributed by atoms with Crippen LogP contribution in [0.3, 0.4) is 0 Å². The fourth-order valence-corrected chi connectivity index (χ4v) is 1.80. The van der Waals surface area contributed by atoms with Gasteiger partial charge in [0.2, 0.25) is 5.82 Å². The predicted octanol–water partition coefficient (Wildman–Crippen LogP) is 1.63. The standard InChI is InChI=1S/C13H9N5O2/c19-13(20)9-6-10(8-4-2-1-3-5-8)14-11(7-9)12-15-17-18-16-12/h1-7H,(H,19,20)(H,15,16,17,18). The monoisotopic (exact) mass is 267 g/mol. The van der Waals surface area contributed by atoms with E-state index >= 15 is 0 Å². The topological polar surface area (TPSA) is 105 Å². The highest BCUT2D eigenvalue weighted by molar-refractivity contribution is 5.90. The van der Waals surface area contributed by atoms with E-state index in [0.717, 1.165) is 5.56 Å². The molecule has 2 aromatic heterocycles. The van der Waals surface area contributed by atoms with Crippen molar-refractivity contribution in [3.63, 3.8) is 0 Å². The van der Waals surface area contributed by atoms with E-state index in [1.807, 2.05) is 30.3 Å². The fourth-order valence-electron chi connectivity index (χ4n) is 1.80. The van der Waals surface area contributed by atoms with E-state index in [-0.39, 0.29) is 11.4 Å². The summed E-state index contributed by atoms with van der Waals surface area (Å²) in [6.45, 7) is 0. The molecule has 98 valence electrons. The van der Waals surface area contributed by atoms with Gasteiger partial charge in [-0.3, -0.25) is 0 Å². The summed E-state index contributed by atoms with van der Waals surface area (Å²) in [6, 6.07) is 12.2. The van der Waals surface area contributed by atoms with Crippen LogP contribution >= 0.6 is 0 Å². The third-order valence-electron chi connectivity index (χ3n) is 2.72. The number of carbonyl (C=O) groups is 1. The van der Waals surface area contributed by atoms with Crippen LogP contribution in [0, 0.1) is 0 Å². The largest absolute Gasteiger partial charge is 0.478 e. The lowest BCUT2D eigenvalue weighted by molar-refractivity contribution is 0.0697. The molecular formula is C13H9N5O2. The van der Waals surface area contributed by atoms with Gasteiger partial charge in [-0.05, 0) is 17.3 Å². The third kappa shape index (κ3) is 2.24. The lowest BCUT2D eigenvalue weighted by atomic mass is 10.1. The zero-order valence-electron chi connectivity index (χ0n) is 10.2. The Morgan fingerprint density at radius 2 is 1.85 bits per heavy atom. The van der Waals surface area contributed by atoms with Crippen molar-refractivity contribution in [3.05, 3.63) is 48.0 Å². The number of nitrogens with zero attached hydrogens (tertiary/aromatic N) is 4. The van der Waals surface area contributed by atoms with Crippen LogP contribution in [0.2, 0.25) is 0 Å². The molecule has 0 radical (unpaired) electrons. The first kappa shape index (κ1) is 12.0. The average Bonchev–Trinajstić information content (AvgIpc) is 3.02. The number of hydrogen-bond donors (Lipinski definition) is 2. The van der Waals surface area contributed by atoms with E-state index in [0.29, 0.717) is 11.4 Å². The smallest absolute Gasteiger partial charge is 0.335 e. The Kier molecular flexibility index (Phi) is 2.92. The van der Waals surface area contributed by atoms with Crippen molar-refractivity contribution in [3.8, 4) is 22.8 Å². The molecule has 0 unspecified atom stereocenters. The summed E-state index contributed by atoms with van der Waals surface area (Å²) in [6.07, 6.45) is 0. The first-order chi connectivity index (χ1) is 9.74. The second-order valence-corrected chi connectivity index (χ2v) is 4.03. The lowest BCUT2D eigenvalue weighted by Gasteiger charge is -2.04. The van der Waals surface area contributed by atoms with Gasteiger partial charge in [0, 0.05) is 5.56 Å². The number of rotatable bonds is 3. The summed E-state index contributed by atoms with van der Waals surface area (Å²) in [5.74, 6) is -0.778. The van der Waals surface area contributed by atoms with Gasteiger partial charge in [0.05, 0.1) is 11.3 Å². The summed E-state index contributed by atoms with van der Waals surface area (Å²) < 4.78 is 0. The number of hydrogen-bond acceptors (Lipinski definition) is 5. The number of aromatic nitrogens is 5. The number of carboxylic acid groups (broad SMARTS) is 1. The summed E-state index contributed by atoms with van der Waals surface area (Å²) in [5, 5.41) is 22.6. The molecule has 0 atom stereocenters. The first-order valence-corrected chi connectivity index (χ1v) is 5.78. The Morgan fingerprint density at radius 3 is 2.50 bits per heavy atom. The van der Waals surface area contributed by atoms with Crippen LogP contribution in [0.5, 0.6) is 0 Å². The van der Waals surface area contributed by atoms with Gasteiger partial charge in [-0.1, -0.05) is 30.3 Å². The maximum Gasteiger partial charge on any atom is 0.335 e. The van der Waals surface area contributed by atoms with Gasteiger partial charge in [-0.15, -0.1) is 10.2 Å². The second-order valence-electron chi connectivity index (χ2n) is 4.03. The lowest BCUT2D eigenvalue weighted by Crippen LogP contribution is -2.00. The zero-order valence-corrected chi connectivity index (χ0v) is 10.2. The molecule has 0 fully saturated rings. The SMILES string of the molecule is O=C(O)c1cc(-c2ccccc2)nc(-c2nn[nH]n2)c1. The highest BCUT2D eigenvalue weighted by Gasteiger charge is 2.13. The first-order valence-electron chi connectivity index (χ1n) is 5.78. The minimum atomic E-state index is -1.03. The zero-order chi connectivity index (χ0) is 13.9. The fraction of sp³-hybridized carbons (Fsp3) is 0. The van der Waals surface area contributed by atoms with E-state index in [1.165, 1.54) is 12.1 Å². The Bertz CT molecular complexity index is 741. The molecule has 7 nitrogen and oxygen atoms in total. The van der Waals surface area contributed by atoms with E-state index in [4.69, 9.17) is 0 Å². The van der Waals surface area contributed by atoms with Crippen molar-refractivity contribution >= 4 is 5.97 Å². The minimum absolute atomic E-state index is 0.124. The summed E-state index contributed by atoms with van der Waals surface area (Å²) in [7, 11) is 0. The molecule has 2 heterocycles. The highest BCUT2D eigenvalue weighted by atomic mass is 16.4. The van der Waals surface area contributed by atoms with Crippen molar-refractivity contribution in [1.29, 1.82) is 0 Å². The molecule has 0 aliphatic heterocycles. The van der Waals surface area contributed by atoms with Crippen molar-refractivity contribution in [2.24, 2.45) is 0 Å². The van der Waals surface area contributed by atoms with Crippen molar-refractivity contribution in [1.82, 2.24) is 25.6 Å². The summed E-state index contributed by atoms with van der Waals surface area (Å²) in [5.41, 5.74) is 1.85. The van der Waals surface area contributed by atoms with Crippen LogP contribution in [-0.4, -0.2) is 36.7 Å². The number of nitrogens with one attached hydrogen (secondary N) is 1. The molecule has 0 spiro atoms. The number of aromatic amines is 1. The number of carboxylic acids is 1. The molecule has 3 aromatic rings. The quantitative estimate of drug-likeness (QED) is 0.747. The predicted molar refractivity (Wildman–Crippen MR) is 69.8 cm³/mol. The number of aromatic carboxylic acids is 1. The molecule has 0 amide bonds. The van der Waals surface area contributed by atoms with Gasteiger partial charge >= 0.3 is 5.97 Å². The van der Waals surface area contributed by atoms with Gasteiger partial charge < -0.3 is 5.11 Å². The molecule has 0 aliphatic rings. The molecule has 7 heteroatoms. The van der Waals surface area contributed by atoms with Crippen LogP contribution in [0.1, 0.15) is 10.4 Å². The van der Waals surface area contributed by atoms with Crippen LogP contribution in [0.25, 0.3) is 22.8 Å². The Hall–Kier alpha value is -3.09. The van der Waals surface area contributed by atoms with E-state index in [1.54, 1.807) is 0 Å². The number of tetrazole rings is 1. The van der Waals surface area contributed by atoms with Crippen molar-refractivity contribution in [2.75, 3.05) is 0 Å². The van der Waals surface area contributed by atoms with E-state index in [2.05, 4.69) is 25.6 Å². The number of benzene rings is 1. The molecule has 0 saturated carbocycles. The highest BCUT2D eigenvalue weighted by Crippen LogP contribution is 2.22. The molecule has 2 N–H and O–H groups in total. The molecule has 20 heavy (non-hydrogen) atoms. The van der Waals surface area contributed by atoms with Gasteiger partial charge in [0.1, 0.15) is 5.69 Å². The molecule has 0 aliphatic carbocycles. The Morgan fingerprint density at radius 1 is 1.10 bits per heavy atom. The molecule has 0 saturated heterocycles. The maximum absolute atomic E-state index is 11.2. The average molecular weight is 267 g/mol.